The van der Waals surface area contributed by atoms with Gasteiger partial charge in [-0.2, -0.15) is 0 Å². The summed E-state index contributed by atoms with van der Waals surface area (Å²) in [5, 5.41) is 0. The molecule has 1 aliphatic heterocycles. The van der Waals surface area contributed by atoms with Crippen molar-refractivity contribution >= 4 is 45.7 Å². The zero-order valence-corrected chi connectivity index (χ0v) is 10.2. The topological polar surface area (TPSA) is 37.4 Å². The van der Waals surface area contributed by atoms with Crippen molar-refractivity contribution in [3.63, 3.8) is 0 Å². The van der Waals surface area contributed by atoms with Gasteiger partial charge in [0.15, 0.2) is 5.78 Å². The molecule has 3 nitrogen and oxygen atoms in total. The summed E-state index contributed by atoms with van der Waals surface area (Å²) in [6.45, 7) is 1.50. The monoisotopic (exact) mass is 251 g/mol. The van der Waals surface area contributed by atoms with Crippen LogP contribution in [0.25, 0.3) is 0 Å². The van der Waals surface area contributed by atoms with Crippen LogP contribution in [0, 0.1) is 0 Å². The molecule has 0 unspecified atom stereocenters. The average Bonchev–Trinajstić information content (AvgIpc) is 2.59. The molecular formula is C11H9NO2S2. The van der Waals surface area contributed by atoms with Crippen molar-refractivity contribution in [3.05, 3.63) is 29.8 Å². The van der Waals surface area contributed by atoms with Crippen molar-refractivity contribution in [2.24, 2.45) is 0 Å². The standard InChI is InChI=1S/C11H9NO2S2/c1-7(13)8-3-2-4-9(5-8)12-10(14)6-16-11(12)15/h2-5H,6H2,1H3. The quantitative estimate of drug-likeness (QED) is 0.597. The summed E-state index contributed by atoms with van der Waals surface area (Å²) >= 11 is 6.44. The molecule has 0 N–H and O–H groups in total. The molecule has 0 aromatic heterocycles. The molecule has 82 valence electrons. The van der Waals surface area contributed by atoms with E-state index in [1.54, 1.807) is 24.3 Å². The molecule has 1 amide bonds. The number of benzene rings is 1. The minimum atomic E-state index is -0.0318. The number of carbonyl (C=O) groups is 2. The second-order valence-corrected chi connectivity index (χ2v) is 5.00. The third kappa shape index (κ3) is 2.01. The summed E-state index contributed by atoms with van der Waals surface area (Å²) in [5.74, 6) is 0.325. The van der Waals surface area contributed by atoms with E-state index in [4.69, 9.17) is 12.2 Å². The first-order chi connectivity index (χ1) is 7.59. The molecule has 5 heteroatoms. The van der Waals surface area contributed by atoms with Crippen LogP contribution >= 0.6 is 24.0 Å². The molecule has 2 rings (SSSR count). The fraction of sp³-hybridized carbons (Fsp3) is 0.182. The van der Waals surface area contributed by atoms with E-state index in [2.05, 4.69) is 0 Å². The van der Waals surface area contributed by atoms with Crippen molar-refractivity contribution < 1.29 is 9.59 Å². The number of rotatable bonds is 2. The lowest BCUT2D eigenvalue weighted by Gasteiger charge is -2.15. The predicted octanol–water partition coefficient (Wildman–Crippen LogP) is 2.25. The van der Waals surface area contributed by atoms with E-state index in [0.717, 1.165) is 0 Å². The number of hydrogen-bond acceptors (Lipinski definition) is 4. The fourth-order valence-corrected chi connectivity index (χ4v) is 2.56. The molecule has 0 atom stereocenters. The van der Waals surface area contributed by atoms with Crippen molar-refractivity contribution in [3.8, 4) is 0 Å². The molecule has 1 aromatic carbocycles. The lowest BCUT2D eigenvalue weighted by Crippen LogP contribution is -2.28. The van der Waals surface area contributed by atoms with Crippen LogP contribution < -0.4 is 4.90 Å². The lowest BCUT2D eigenvalue weighted by molar-refractivity contribution is -0.115. The summed E-state index contributed by atoms with van der Waals surface area (Å²) in [6.07, 6.45) is 0. The highest BCUT2D eigenvalue weighted by molar-refractivity contribution is 8.24. The molecule has 0 saturated carbocycles. The van der Waals surface area contributed by atoms with E-state index in [-0.39, 0.29) is 11.7 Å². The van der Waals surface area contributed by atoms with Gasteiger partial charge in [-0.25, -0.2) is 0 Å². The largest absolute Gasteiger partial charge is 0.295 e. The molecule has 0 radical (unpaired) electrons. The van der Waals surface area contributed by atoms with Gasteiger partial charge < -0.3 is 0 Å². The fourth-order valence-electron chi connectivity index (χ4n) is 1.47. The van der Waals surface area contributed by atoms with E-state index < -0.39 is 0 Å². The van der Waals surface area contributed by atoms with E-state index in [1.807, 2.05) is 0 Å². The van der Waals surface area contributed by atoms with Gasteiger partial charge in [-0.15, -0.1) is 0 Å². The van der Waals surface area contributed by atoms with Gasteiger partial charge in [0.1, 0.15) is 4.32 Å². The van der Waals surface area contributed by atoms with Crippen LogP contribution in [0.1, 0.15) is 17.3 Å². The minimum absolute atomic E-state index is 0.0212. The Kier molecular flexibility index (Phi) is 3.07. The molecular weight excluding hydrogens is 242 g/mol. The Balaban J connectivity index is 2.40. The molecule has 1 saturated heterocycles. The molecule has 0 spiro atoms. The van der Waals surface area contributed by atoms with Gasteiger partial charge >= 0.3 is 0 Å². The van der Waals surface area contributed by atoms with Crippen LogP contribution in [0.2, 0.25) is 0 Å². The maximum absolute atomic E-state index is 11.6. The molecule has 1 heterocycles. The maximum Gasteiger partial charge on any atom is 0.243 e. The van der Waals surface area contributed by atoms with Crippen molar-refractivity contribution in [1.29, 1.82) is 0 Å². The Morgan fingerprint density at radius 1 is 1.50 bits per heavy atom. The normalized spacial score (nSPS) is 15.7. The highest BCUT2D eigenvalue weighted by atomic mass is 32.2. The molecule has 0 aliphatic carbocycles. The average molecular weight is 251 g/mol. The summed E-state index contributed by atoms with van der Waals surface area (Å²) < 4.78 is 0.547. The Bertz CT molecular complexity index is 469. The third-order valence-corrected chi connectivity index (χ3v) is 3.62. The van der Waals surface area contributed by atoms with E-state index in [9.17, 15) is 9.59 Å². The number of thioether (sulfide) groups is 1. The van der Waals surface area contributed by atoms with Crippen LogP contribution in [0.3, 0.4) is 0 Å². The van der Waals surface area contributed by atoms with Gasteiger partial charge in [-0.3, -0.25) is 14.5 Å². The van der Waals surface area contributed by atoms with Crippen molar-refractivity contribution in [1.82, 2.24) is 0 Å². The van der Waals surface area contributed by atoms with E-state index in [1.165, 1.54) is 23.6 Å². The predicted molar refractivity (Wildman–Crippen MR) is 69.0 cm³/mol. The Hall–Kier alpha value is -1.20. The zero-order valence-electron chi connectivity index (χ0n) is 8.60. The van der Waals surface area contributed by atoms with Gasteiger partial charge in [0.25, 0.3) is 0 Å². The molecule has 1 aliphatic rings. The third-order valence-electron chi connectivity index (χ3n) is 2.26. The maximum atomic E-state index is 11.6. The highest BCUT2D eigenvalue weighted by Crippen LogP contribution is 2.27. The number of carbonyl (C=O) groups excluding carboxylic acids is 2. The van der Waals surface area contributed by atoms with E-state index >= 15 is 0 Å². The molecule has 1 aromatic rings. The number of amides is 1. The number of nitrogens with zero attached hydrogens (tertiary/aromatic N) is 1. The first kappa shape index (κ1) is 11.3. The summed E-state index contributed by atoms with van der Waals surface area (Å²) in [4.78, 5) is 24.3. The van der Waals surface area contributed by atoms with Crippen molar-refractivity contribution in [2.75, 3.05) is 10.7 Å². The van der Waals surface area contributed by atoms with Gasteiger partial charge in [0.2, 0.25) is 5.91 Å². The molecule has 1 fully saturated rings. The number of hydrogen-bond donors (Lipinski definition) is 0. The number of anilines is 1. The SMILES string of the molecule is CC(=O)c1cccc(N2C(=O)CSC2=S)c1. The second-order valence-electron chi connectivity index (χ2n) is 3.39. The van der Waals surface area contributed by atoms with Gasteiger partial charge in [0, 0.05) is 5.56 Å². The Labute approximate surface area is 103 Å². The summed E-state index contributed by atoms with van der Waals surface area (Å²) in [6, 6.07) is 6.95. The first-order valence-corrected chi connectivity index (χ1v) is 6.09. The smallest absolute Gasteiger partial charge is 0.243 e. The number of ketones is 1. The Morgan fingerprint density at radius 2 is 2.25 bits per heavy atom. The summed E-state index contributed by atoms with van der Waals surface area (Å²) in [7, 11) is 0. The van der Waals surface area contributed by atoms with Gasteiger partial charge in [-0.05, 0) is 19.1 Å². The summed E-state index contributed by atoms with van der Waals surface area (Å²) in [5.41, 5.74) is 1.26. The van der Waals surface area contributed by atoms with Crippen molar-refractivity contribution in [2.45, 2.75) is 6.92 Å². The highest BCUT2D eigenvalue weighted by Gasteiger charge is 2.28. The lowest BCUT2D eigenvalue weighted by atomic mass is 10.1. The van der Waals surface area contributed by atoms with E-state index in [0.29, 0.717) is 21.3 Å². The van der Waals surface area contributed by atoms with Crippen LogP contribution in [-0.4, -0.2) is 21.8 Å². The molecule has 16 heavy (non-hydrogen) atoms. The van der Waals surface area contributed by atoms with Gasteiger partial charge in [-0.1, -0.05) is 36.1 Å². The zero-order chi connectivity index (χ0) is 11.7. The van der Waals surface area contributed by atoms with Crippen LogP contribution in [0.5, 0.6) is 0 Å². The van der Waals surface area contributed by atoms with Crippen LogP contribution in [0.15, 0.2) is 24.3 Å². The number of thiocarbonyl (C=S) groups is 1. The Morgan fingerprint density at radius 3 is 2.81 bits per heavy atom. The first-order valence-electron chi connectivity index (χ1n) is 4.70. The van der Waals surface area contributed by atoms with Gasteiger partial charge in [0.05, 0.1) is 11.4 Å². The molecule has 0 bridgehead atoms. The van der Waals surface area contributed by atoms with Crippen LogP contribution in [-0.2, 0) is 4.79 Å². The second kappa shape index (κ2) is 4.35. The minimum Gasteiger partial charge on any atom is -0.295 e. The number of Topliss-reactive ketones (excluding diaryl/α,β-unsaturated/α-hetero) is 1. The van der Waals surface area contributed by atoms with Crippen LogP contribution in [0.4, 0.5) is 5.69 Å².